The van der Waals surface area contributed by atoms with E-state index in [0.29, 0.717) is 12.1 Å². The minimum atomic E-state index is -0.0134. The van der Waals surface area contributed by atoms with Gasteiger partial charge in [0.05, 0.1) is 18.3 Å². The highest BCUT2D eigenvalue weighted by Crippen LogP contribution is 2.39. The van der Waals surface area contributed by atoms with Crippen molar-refractivity contribution in [2.24, 2.45) is 0 Å². The standard InChI is InChI=1S/C31H47N3O2/c1-5-31(15-21-36-30(2,3)25-31)34-19-17-33(18-20-34)23-26-10-9-11-27(22-26)24-35-29(14-16-32-4)28-12-7-6-8-13-28/h6-13,22,29,32H,5,14-21,23-25H2,1-4H3/t29-,31-/m1/s1. The highest BCUT2D eigenvalue weighted by Gasteiger charge is 2.44. The van der Waals surface area contributed by atoms with E-state index in [1.165, 1.54) is 23.1 Å². The van der Waals surface area contributed by atoms with Crippen LogP contribution in [-0.2, 0) is 22.6 Å². The Labute approximate surface area is 219 Å². The Bertz CT molecular complexity index is 926. The fraction of sp³-hybridized carbons (Fsp3) is 0.613. The average Bonchev–Trinajstić information content (AvgIpc) is 2.89. The Kier molecular flexibility index (Phi) is 9.59. The number of nitrogens with zero attached hydrogens (tertiary/aromatic N) is 2. The lowest BCUT2D eigenvalue weighted by Gasteiger charge is -2.53. The Morgan fingerprint density at radius 2 is 1.75 bits per heavy atom. The molecule has 2 aliphatic rings. The monoisotopic (exact) mass is 493 g/mol. The van der Waals surface area contributed by atoms with Crippen LogP contribution < -0.4 is 5.32 Å². The minimum Gasteiger partial charge on any atom is -0.375 e. The predicted octanol–water partition coefficient (Wildman–Crippen LogP) is 5.41. The van der Waals surface area contributed by atoms with Crippen LogP contribution in [-0.4, -0.2) is 67.3 Å². The molecule has 2 aromatic carbocycles. The zero-order valence-electron chi connectivity index (χ0n) is 23.0. The first-order valence-corrected chi connectivity index (χ1v) is 13.9. The molecule has 2 heterocycles. The summed E-state index contributed by atoms with van der Waals surface area (Å²) in [7, 11) is 2.00. The third kappa shape index (κ3) is 7.17. The fourth-order valence-electron chi connectivity index (χ4n) is 6.19. The quantitative estimate of drug-likeness (QED) is 0.453. The van der Waals surface area contributed by atoms with Crippen molar-refractivity contribution in [1.29, 1.82) is 0 Å². The highest BCUT2D eigenvalue weighted by atomic mass is 16.5. The summed E-state index contributed by atoms with van der Waals surface area (Å²) in [5.74, 6) is 0. The van der Waals surface area contributed by atoms with Gasteiger partial charge in [-0.1, -0.05) is 61.5 Å². The Morgan fingerprint density at radius 3 is 2.44 bits per heavy atom. The van der Waals surface area contributed by atoms with E-state index in [2.05, 4.69) is 90.5 Å². The van der Waals surface area contributed by atoms with Crippen molar-refractivity contribution in [1.82, 2.24) is 15.1 Å². The number of hydrogen-bond donors (Lipinski definition) is 1. The van der Waals surface area contributed by atoms with Crippen molar-refractivity contribution in [3.8, 4) is 0 Å². The fourth-order valence-corrected chi connectivity index (χ4v) is 6.19. The summed E-state index contributed by atoms with van der Waals surface area (Å²) in [6, 6.07) is 19.6. The van der Waals surface area contributed by atoms with Crippen LogP contribution in [0.2, 0.25) is 0 Å². The molecule has 0 amide bonds. The van der Waals surface area contributed by atoms with E-state index < -0.39 is 0 Å². The van der Waals surface area contributed by atoms with E-state index >= 15 is 0 Å². The summed E-state index contributed by atoms with van der Waals surface area (Å²) >= 11 is 0. The van der Waals surface area contributed by atoms with Gasteiger partial charge in [-0.05, 0) is 69.8 Å². The second-order valence-electron chi connectivity index (χ2n) is 11.3. The van der Waals surface area contributed by atoms with Crippen LogP contribution in [0.4, 0.5) is 0 Å². The van der Waals surface area contributed by atoms with Gasteiger partial charge in [0.2, 0.25) is 0 Å². The Balaban J connectivity index is 1.31. The minimum absolute atomic E-state index is 0.0134. The lowest BCUT2D eigenvalue weighted by atomic mass is 9.77. The van der Waals surface area contributed by atoms with Crippen LogP contribution in [0.1, 0.15) is 69.2 Å². The number of piperazine rings is 1. The molecular weight excluding hydrogens is 446 g/mol. The molecule has 0 saturated carbocycles. The molecule has 0 radical (unpaired) electrons. The van der Waals surface area contributed by atoms with Crippen molar-refractivity contribution in [2.45, 2.75) is 76.9 Å². The van der Waals surface area contributed by atoms with Gasteiger partial charge in [-0.25, -0.2) is 0 Å². The zero-order chi connectivity index (χ0) is 25.4. The zero-order valence-corrected chi connectivity index (χ0v) is 23.0. The van der Waals surface area contributed by atoms with Crippen LogP contribution in [0.5, 0.6) is 0 Å². The van der Waals surface area contributed by atoms with Gasteiger partial charge < -0.3 is 14.8 Å². The molecule has 1 N–H and O–H groups in total. The van der Waals surface area contributed by atoms with Gasteiger partial charge in [0, 0.05) is 44.9 Å². The third-order valence-electron chi connectivity index (χ3n) is 8.19. The van der Waals surface area contributed by atoms with Gasteiger partial charge in [0.1, 0.15) is 0 Å². The molecule has 5 heteroatoms. The van der Waals surface area contributed by atoms with Crippen LogP contribution in [0.15, 0.2) is 54.6 Å². The Hall–Kier alpha value is -1.76. The van der Waals surface area contributed by atoms with Crippen molar-refractivity contribution < 1.29 is 9.47 Å². The van der Waals surface area contributed by atoms with Crippen LogP contribution in [0, 0.1) is 0 Å². The molecule has 198 valence electrons. The molecule has 0 bridgehead atoms. The summed E-state index contributed by atoms with van der Waals surface area (Å²) in [5, 5.41) is 3.26. The van der Waals surface area contributed by atoms with Crippen LogP contribution in [0.25, 0.3) is 0 Å². The number of ether oxygens (including phenoxy) is 2. The summed E-state index contributed by atoms with van der Waals surface area (Å²) in [6.07, 6.45) is 4.58. The molecule has 2 saturated heterocycles. The van der Waals surface area contributed by atoms with Crippen molar-refractivity contribution >= 4 is 0 Å². The molecule has 0 unspecified atom stereocenters. The molecule has 2 fully saturated rings. The van der Waals surface area contributed by atoms with Gasteiger partial charge in [-0.15, -0.1) is 0 Å². The predicted molar refractivity (Wildman–Crippen MR) is 148 cm³/mol. The maximum Gasteiger partial charge on any atom is 0.0841 e. The average molecular weight is 494 g/mol. The van der Waals surface area contributed by atoms with E-state index in [-0.39, 0.29) is 11.7 Å². The first-order chi connectivity index (χ1) is 17.4. The first-order valence-electron chi connectivity index (χ1n) is 13.9. The van der Waals surface area contributed by atoms with Gasteiger partial charge in [0.25, 0.3) is 0 Å². The molecule has 0 aromatic heterocycles. The largest absolute Gasteiger partial charge is 0.375 e. The topological polar surface area (TPSA) is 37.0 Å². The SMILES string of the molecule is CC[C@@]1(N2CCN(Cc3cccc(CO[C@H](CCNC)c4ccccc4)c3)CC2)CCOC(C)(C)C1. The van der Waals surface area contributed by atoms with E-state index in [0.717, 1.165) is 65.1 Å². The third-order valence-corrected chi connectivity index (χ3v) is 8.19. The van der Waals surface area contributed by atoms with Crippen molar-refractivity contribution in [3.05, 3.63) is 71.3 Å². The molecule has 0 aliphatic carbocycles. The summed E-state index contributed by atoms with van der Waals surface area (Å²) in [5.41, 5.74) is 4.17. The van der Waals surface area contributed by atoms with E-state index in [4.69, 9.17) is 9.47 Å². The molecule has 0 spiro atoms. The van der Waals surface area contributed by atoms with Crippen LogP contribution in [0.3, 0.4) is 0 Å². The number of benzene rings is 2. The highest BCUT2D eigenvalue weighted by molar-refractivity contribution is 5.23. The molecule has 4 rings (SSSR count). The second kappa shape index (κ2) is 12.7. The van der Waals surface area contributed by atoms with Gasteiger partial charge in [-0.3, -0.25) is 9.80 Å². The second-order valence-corrected chi connectivity index (χ2v) is 11.3. The van der Waals surface area contributed by atoms with Crippen LogP contribution >= 0.6 is 0 Å². The van der Waals surface area contributed by atoms with Gasteiger partial charge in [0.15, 0.2) is 0 Å². The van der Waals surface area contributed by atoms with Crippen molar-refractivity contribution in [3.63, 3.8) is 0 Å². The number of hydrogen-bond acceptors (Lipinski definition) is 5. The maximum atomic E-state index is 6.41. The molecule has 36 heavy (non-hydrogen) atoms. The molecular formula is C31H47N3O2. The smallest absolute Gasteiger partial charge is 0.0841 e. The number of nitrogens with one attached hydrogen (secondary N) is 1. The van der Waals surface area contributed by atoms with E-state index in [1.807, 2.05) is 7.05 Å². The first kappa shape index (κ1) is 27.3. The molecule has 2 atom stereocenters. The summed E-state index contributed by atoms with van der Waals surface area (Å²) < 4.78 is 12.5. The molecule has 2 aliphatic heterocycles. The van der Waals surface area contributed by atoms with Crippen molar-refractivity contribution in [2.75, 3.05) is 46.4 Å². The lowest BCUT2D eigenvalue weighted by Crippen LogP contribution is -2.61. The normalized spacial score (nSPS) is 24.0. The van der Waals surface area contributed by atoms with Gasteiger partial charge in [-0.2, -0.15) is 0 Å². The van der Waals surface area contributed by atoms with Gasteiger partial charge >= 0.3 is 0 Å². The molecule has 5 nitrogen and oxygen atoms in total. The maximum absolute atomic E-state index is 6.41. The molecule has 2 aromatic rings. The number of rotatable bonds is 11. The summed E-state index contributed by atoms with van der Waals surface area (Å²) in [4.78, 5) is 5.39. The lowest BCUT2D eigenvalue weighted by molar-refractivity contribution is -0.128. The summed E-state index contributed by atoms with van der Waals surface area (Å²) in [6.45, 7) is 14.9. The Morgan fingerprint density at radius 1 is 1.00 bits per heavy atom. The van der Waals surface area contributed by atoms with E-state index in [1.54, 1.807) is 0 Å². The van der Waals surface area contributed by atoms with E-state index in [9.17, 15) is 0 Å².